The molecule has 2 N–H and O–H groups in total. The van der Waals surface area contributed by atoms with Crippen molar-refractivity contribution >= 4 is 27.5 Å². The number of aliphatic hydroxyl groups is 1. The fraction of sp³-hybridized carbons (Fsp3) is 0.538. The number of benzene rings is 1. The highest BCUT2D eigenvalue weighted by molar-refractivity contribution is 9.10. The summed E-state index contributed by atoms with van der Waals surface area (Å²) in [6.45, 7) is 8.20. The molecule has 0 spiro atoms. The van der Waals surface area contributed by atoms with E-state index in [-0.39, 0.29) is 5.54 Å². The number of nitrogens with one attached hydrogen (secondary N) is 1. The van der Waals surface area contributed by atoms with E-state index in [1.165, 1.54) is 0 Å². The van der Waals surface area contributed by atoms with E-state index in [4.69, 9.17) is 11.6 Å². The van der Waals surface area contributed by atoms with Crippen molar-refractivity contribution in [3.05, 3.63) is 33.3 Å². The summed E-state index contributed by atoms with van der Waals surface area (Å²) in [5.74, 6) is 0. The molecule has 1 rings (SSSR count). The molecule has 0 fully saturated rings. The van der Waals surface area contributed by atoms with Crippen molar-refractivity contribution in [2.24, 2.45) is 0 Å². The van der Waals surface area contributed by atoms with Gasteiger partial charge in [-0.05, 0) is 51.5 Å². The lowest BCUT2D eigenvalue weighted by Crippen LogP contribution is -2.55. The largest absolute Gasteiger partial charge is 0.389 e. The molecule has 4 heteroatoms. The molecule has 0 aliphatic rings. The van der Waals surface area contributed by atoms with Gasteiger partial charge in [-0.25, -0.2) is 0 Å². The molecule has 0 saturated heterocycles. The summed E-state index contributed by atoms with van der Waals surface area (Å²) in [7, 11) is 0. The van der Waals surface area contributed by atoms with Gasteiger partial charge in [0.25, 0.3) is 0 Å². The van der Waals surface area contributed by atoms with Crippen LogP contribution in [0.5, 0.6) is 0 Å². The lowest BCUT2D eigenvalue weighted by molar-refractivity contribution is -0.00534. The van der Waals surface area contributed by atoms with Gasteiger partial charge < -0.3 is 10.4 Å². The zero-order valence-electron chi connectivity index (χ0n) is 10.6. The van der Waals surface area contributed by atoms with Crippen molar-refractivity contribution in [2.45, 2.75) is 45.4 Å². The van der Waals surface area contributed by atoms with Gasteiger partial charge in [0.15, 0.2) is 0 Å². The van der Waals surface area contributed by atoms with Crippen molar-refractivity contribution < 1.29 is 5.11 Å². The van der Waals surface area contributed by atoms with Crippen molar-refractivity contribution in [3.8, 4) is 0 Å². The minimum Gasteiger partial charge on any atom is -0.389 e. The molecule has 0 aliphatic heterocycles. The second kappa shape index (κ2) is 5.27. The normalized spacial score (nSPS) is 12.9. The quantitative estimate of drug-likeness (QED) is 0.885. The summed E-state index contributed by atoms with van der Waals surface area (Å²) in [6.07, 6.45) is 0. The van der Waals surface area contributed by atoms with Crippen molar-refractivity contribution in [3.63, 3.8) is 0 Å². The van der Waals surface area contributed by atoms with E-state index in [1.807, 2.05) is 32.0 Å². The second-order valence-electron chi connectivity index (χ2n) is 5.27. The van der Waals surface area contributed by atoms with Crippen LogP contribution in [0.15, 0.2) is 22.7 Å². The molecule has 1 aromatic carbocycles. The van der Waals surface area contributed by atoms with Gasteiger partial charge in [0.2, 0.25) is 0 Å². The first-order valence-corrected chi connectivity index (χ1v) is 6.72. The van der Waals surface area contributed by atoms with E-state index in [1.54, 1.807) is 13.8 Å². The van der Waals surface area contributed by atoms with E-state index >= 15 is 0 Å². The third kappa shape index (κ3) is 3.95. The zero-order valence-corrected chi connectivity index (χ0v) is 13.0. The maximum absolute atomic E-state index is 10.0. The monoisotopic (exact) mass is 319 g/mol. The Balaban J connectivity index is 2.77. The summed E-state index contributed by atoms with van der Waals surface area (Å²) >= 11 is 9.45. The van der Waals surface area contributed by atoms with Crippen LogP contribution in [0.2, 0.25) is 5.02 Å². The van der Waals surface area contributed by atoms with Crippen molar-refractivity contribution in [1.29, 1.82) is 0 Å². The van der Waals surface area contributed by atoms with Gasteiger partial charge in [0.05, 0.1) is 5.60 Å². The predicted octanol–water partition coefficient (Wildman–Crippen LogP) is 3.74. The van der Waals surface area contributed by atoms with E-state index in [0.29, 0.717) is 11.6 Å². The molecule has 0 aliphatic carbocycles. The third-order valence-electron chi connectivity index (χ3n) is 3.26. The van der Waals surface area contributed by atoms with Gasteiger partial charge in [-0.3, -0.25) is 0 Å². The van der Waals surface area contributed by atoms with Gasteiger partial charge in [-0.2, -0.15) is 0 Å². The fourth-order valence-corrected chi connectivity index (χ4v) is 1.79. The molecule has 0 atom stereocenters. The Labute approximate surface area is 117 Å². The molecule has 17 heavy (non-hydrogen) atoms. The predicted molar refractivity (Wildman–Crippen MR) is 76.4 cm³/mol. The van der Waals surface area contributed by atoms with Crippen LogP contribution in [0.4, 0.5) is 0 Å². The molecule has 0 unspecified atom stereocenters. The standard InChI is InChI=1S/C13H19BrClNO/c1-12(2,13(3,4)17)16-8-9-7-10(15)5-6-11(9)14/h5-7,16-17H,8H2,1-4H3. The molecule has 0 bridgehead atoms. The highest BCUT2D eigenvalue weighted by Gasteiger charge is 2.34. The molecule has 0 amide bonds. The summed E-state index contributed by atoms with van der Waals surface area (Å²) in [4.78, 5) is 0. The summed E-state index contributed by atoms with van der Waals surface area (Å²) < 4.78 is 1.01. The van der Waals surface area contributed by atoms with Crippen LogP contribution in [0.3, 0.4) is 0 Å². The molecule has 96 valence electrons. The lowest BCUT2D eigenvalue weighted by Gasteiger charge is -2.38. The molecule has 0 radical (unpaired) electrons. The third-order valence-corrected chi connectivity index (χ3v) is 4.27. The Morgan fingerprint density at radius 1 is 1.29 bits per heavy atom. The summed E-state index contributed by atoms with van der Waals surface area (Å²) in [5, 5.41) is 14.1. The minimum atomic E-state index is -0.794. The van der Waals surface area contributed by atoms with Gasteiger partial charge in [0.1, 0.15) is 0 Å². The van der Waals surface area contributed by atoms with Crippen LogP contribution in [0.25, 0.3) is 0 Å². The fourth-order valence-electron chi connectivity index (χ4n) is 1.21. The first-order valence-electron chi connectivity index (χ1n) is 5.55. The van der Waals surface area contributed by atoms with Crippen LogP contribution in [0, 0.1) is 0 Å². The Morgan fingerprint density at radius 2 is 1.88 bits per heavy atom. The van der Waals surface area contributed by atoms with Crippen molar-refractivity contribution in [1.82, 2.24) is 5.32 Å². The first kappa shape index (κ1) is 15.0. The highest BCUT2D eigenvalue weighted by Crippen LogP contribution is 2.24. The number of hydrogen-bond acceptors (Lipinski definition) is 2. The zero-order chi connectivity index (χ0) is 13.3. The Kier molecular flexibility index (Phi) is 4.64. The topological polar surface area (TPSA) is 32.3 Å². The number of hydrogen-bond donors (Lipinski definition) is 2. The number of halogens is 2. The summed E-state index contributed by atoms with van der Waals surface area (Å²) in [5.41, 5.74) is -0.0953. The van der Waals surface area contributed by atoms with Crippen LogP contribution in [-0.2, 0) is 6.54 Å². The Morgan fingerprint density at radius 3 is 2.41 bits per heavy atom. The Hall–Kier alpha value is -0.0900. The van der Waals surface area contributed by atoms with Crippen molar-refractivity contribution in [2.75, 3.05) is 0 Å². The van der Waals surface area contributed by atoms with Crippen LogP contribution in [0.1, 0.15) is 33.3 Å². The molecule has 0 aromatic heterocycles. The van der Waals surface area contributed by atoms with Gasteiger partial charge in [0, 0.05) is 21.6 Å². The molecule has 0 heterocycles. The van der Waals surface area contributed by atoms with Gasteiger partial charge >= 0.3 is 0 Å². The minimum absolute atomic E-state index is 0.380. The van der Waals surface area contributed by atoms with Gasteiger partial charge in [-0.15, -0.1) is 0 Å². The van der Waals surface area contributed by atoms with E-state index in [2.05, 4.69) is 21.2 Å². The average molecular weight is 321 g/mol. The highest BCUT2D eigenvalue weighted by atomic mass is 79.9. The maximum Gasteiger partial charge on any atom is 0.0767 e. The maximum atomic E-state index is 10.0. The molecular formula is C13H19BrClNO. The lowest BCUT2D eigenvalue weighted by atomic mass is 9.86. The second-order valence-corrected chi connectivity index (χ2v) is 6.56. The SMILES string of the molecule is CC(C)(O)C(C)(C)NCc1cc(Cl)ccc1Br. The first-order chi connectivity index (χ1) is 7.63. The van der Waals surface area contributed by atoms with Gasteiger partial charge in [-0.1, -0.05) is 27.5 Å². The molecule has 1 aromatic rings. The van der Waals surface area contributed by atoms with Crippen LogP contribution >= 0.6 is 27.5 Å². The summed E-state index contributed by atoms with van der Waals surface area (Å²) in [6, 6.07) is 5.69. The average Bonchev–Trinajstić information content (AvgIpc) is 2.18. The van der Waals surface area contributed by atoms with E-state index in [9.17, 15) is 5.11 Å². The molecular weight excluding hydrogens is 302 g/mol. The van der Waals surface area contributed by atoms with E-state index < -0.39 is 5.60 Å². The van der Waals surface area contributed by atoms with E-state index in [0.717, 1.165) is 10.0 Å². The van der Waals surface area contributed by atoms with Crippen LogP contribution in [-0.4, -0.2) is 16.2 Å². The molecule has 2 nitrogen and oxygen atoms in total. The Bertz CT molecular complexity index is 399. The van der Waals surface area contributed by atoms with Crippen LogP contribution < -0.4 is 5.32 Å². The molecule has 0 saturated carbocycles. The smallest absolute Gasteiger partial charge is 0.0767 e. The number of rotatable bonds is 4.